The number of aromatic nitrogens is 1. The fraction of sp³-hybridized carbons (Fsp3) is 0.500. The number of nitrogens with zero attached hydrogens (tertiary/aromatic N) is 1. The fourth-order valence-electron chi connectivity index (χ4n) is 1.24. The van der Waals surface area contributed by atoms with Crippen molar-refractivity contribution >= 4 is 27.8 Å². The zero-order valence-corrected chi connectivity index (χ0v) is 12.0. The number of halogens is 1. The maximum Gasteiger partial charge on any atom is 0.413 e. The molecule has 4 nitrogen and oxygen atoms in total. The van der Waals surface area contributed by atoms with Crippen molar-refractivity contribution in [3.63, 3.8) is 0 Å². The Kier molecular flexibility index (Phi) is 4.51. The second-order valence-corrected chi connectivity index (χ2v) is 6.06. The van der Waals surface area contributed by atoms with Crippen LogP contribution in [0.3, 0.4) is 0 Å². The highest BCUT2D eigenvalue weighted by Gasteiger charge is 2.18. The molecule has 0 radical (unpaired) electrons. The third kappa shape index (κ3) is 4.73. The maximum absolute atomic E-state index is 11.6. The molecule has 0 aliphatic rings. The molecule has 0 saturated heterocycles. The van der Waals surface area contributed by atoms with Crippen LogP contribution in [0.4, 0.5) is 10.6 Å². The van der Waals surface area contributed by atoms with Gasteiger partial charge in [-0.25, -0.2) is 9.78 Å². The molecule has 1 amide bonds. The van der Waals surface area contributed by atoms with Gasteiger partial charge in [0, 0.05) is 16.6 Å². The van der Waals surface area contributed by atoms with Gasteiger partial charge in [0.25, 0.3) is 0 Å². The second kappa shape index (κ2) is 5.49. The first kappa shape index (κ1) is 14.0. The Morgan fingerprint density at radius 3 is 2.71 bits per heavy atom. The molecule has 1 aromatic rings. The quantitative estimate of drug-likeness (QED) is 0.843. The number of pyridine rings is 1. The van der Waals surface area contributed by atoms with E-state index in [4.69, 9.17) is 4.74 Å². The number of hydrogen-bond donors (Lipinski definition) is 1. The summed E-state index contributed by atoms with van der Waals surface area (Å²) >= 11 is 3.45. The summed E-state index contributed by atoms with van der Waals surface area (Å²) < 4.78 is 5.17. The topological polar surface area (TPSA) is 51.2 Å². The summed E-state index contributed by atoms with van der Waals surface area (Å²) in [7, 11) is 0. The number of rotatable bonds is 2. The molecule has 17 heavy (non-hydrogen) atoms. The van der Waals surface area contributed by atoms with Crippen molar-refractivity contribution in [2.45, 2.75) is 38.1 Å². The van der Waals surface area contributed by atoms with Gasteiger partial charge in [0.2, 0.25) is 0 Å². The van der Waals surface area contributed by atoms with Gasteiger partial charge >= 0.3 is 6.09 Å². The molecule has 1 aromatic heterocycles. The van der Waals surface area contributed by atoms with Crippen molar-refractivity contribution < 1.29 is 9.53 Å². The fourth-order valence-corrected chi connectivity index (χ4v) is 1.61. The van der Waals surface area contributed by atoms with Crippen LogP contribution in [0.2, 0.25) is 0 Å². The Balaban J connectivity index is 2.78. The monoisotopic (exact) mass is 300 g/mol. The molecule has 1 atom stereocenters. The normalized spacial score (nSPS) is 13.0. The molecule has 0 bridgehead atoms. The number of carbonyl (C=O) groups excluding carboxylic acids is 1. The van der Waals surface area contributed by atoms with E-state index >= 15 is 0 Å². The minimum Gasteiger partial charge on any atom is -0.444 e. The Morgan fingerprint density at radius 2 is 2.18 bits per heavy atom. The van der Waals surface area contributed by atoms with Gasteiger partial charge in [0.05, 0.1) is 0 Å². The number of hydrogen-bond acceptors (Lipinski definition) is 3. The lowest BCUT2D eigenvalue weighted by Crippen LogP contribution is -2.27. The smallest absolute Gasteiger partial charge is 0.413 e. The molecule has 0 aliphatic heterocycles. The zero-order valence-electron chi connectivity index (χ0n) is 10.5. The van der Waals surface area contributed by atoms with E-state index in [1.54, 1.807) is 6.20 Å². The van der Waals surface area contributed by atoms with Crippen LogP contribution in [-0.4, -0.2) is 16.7 Å². The van der Waals surface area contributed by atoms with Gasteiger partial charge < -0.3 is 4.74 Å². The van der Waals surface area contributed by atoms with Crippen LogP contribution < -0.4 is 5.32 Å². The number of anilines is 1. The van der Waals surface area contributed by atoms with E-state index in [1.807, 2.05) is 39.8 Å². The minimum absolute atomic E-state index is 0.112. The molecule has 1 rings (SSSR count). The minimum atomic E-state index is -0.515. The maximum atomic E-state index is 11.6. The molecule has 0 aromatic carbocycles. The molecule has 1 N–H and O–H groups in total. The second-order valence-electron chi connectivity index (χ2n) is 4.68. The number of ether oxygens (including phenoxy) is 1. The summed E-state index contributed by atoms with van der Waals surface area (Å²) in [6.07, 6.45) is 1.14. The van der Waals surface area contributed by atoms with Crippen LogP contribution in [-0.2, 0) is 4.74 Å². The van der Waals surface area contributed by atoms with Gasteiger partial charge in [-0.05, 0) is 33.8 Å². The summed E-state index contributed by atoms with van der Waals surface area (Å²) in [5, 5.41) is 2.65. The zero-order chi connectivity index (χ0) is 13.1. The first-order valence-electron chi connectivity index (χ1n) is 5.38. The lowest BCUT2D eigenvalue weighted by atomic mass is 10.2. The first-order chi connectivity index (χ1) is 7.79. The predicted molar refractivity (Wildman–Crippen MR) is 71.4 cm³/mol. The van der Waals surface area contributed by atoms with Crippen LogP contribution in [0.15, 0.2) is 18.3 Å². The lowest BCUT2D eigenvalue weighted by Gasteiger charge is -2.20. The van der Waals surface area contributed by atoms with Gasteiger partial charge in [-0.15, -0.1) is 0 Å². The summed E-state index contributed by atoms with van der Waals surface area (Å²) in [6, 6.07) is 3.73. The van der Waals surface area contributed by atoms with E-state index in [1.165, 1.54) is 0 Å². The molecule has 0 aliphatic carbocycles. The standard InChI is InChI=1S/C12H17BrN2O2/c1-8(13)9-6-5-7-14-10(9)15-11(16)17-12(2,3)4/h5-8H,1-4H3,(H,14,15,16). The van der Waals surface area contributed by atoms with Crippen molar-refractivity contribution in [2.75, 3.05) is 5.32 Å². The third-order valence-electron chi connectivity index (χ3n) is 1.89. The van der Waals surface area contributed by atoms with E-state index in [9.17, 15) is 4.79 Å². The summed E-state index contributed by atoms with van der Waals surface area (Å²) in [5.74, 6) is 0.520. The Hall–Kier alpha value is -1.10. The number of alkyl halides is 1. The van der Waals surface area contributed by atoms with E-state index in [2.05, 4.69) is 26.2 Å². The predicted octanol–water partition coefficient (Wildman–Crippen LogP) is 3.88. The molecule has 94 valence electrons. The Labute approximate surface area is 110 Å². The van der Waals surface area contributed by atoms with Crippen LogP contribution in [0.1, 0.15) is 38.1 Å². The molecule has 1 unspecified atom stereocenters. The molecule has 1 heterocycles. The largest absolute Gasteiger partial charge is 0.444 e. The van der Waals surface area contributed by atoms with Gasteiger partial charge in [-0.2, -0.15) is 0 Å². The highest BCUT2D eigenvalue weighted by molar-refractivity contribution is 9.09. The van der Waals surface area contributed by atoms with Crippen molar-refractivity contribution in [3.05, 3.63) is 23.9 Å². The van der Waals surface area contributed by atoms with Crippen molar-refractivity contribution in [1.29, 1.82) is 0 Å². The molecule has 5 heteroatoms. The molecule has 0 spiro atoms. The summed E-state index contributed by atoms with van der Waals surface area (Å²) in [5.41, 5.74) is 0.400. The lowest BCUT2D eigenvalue weighted by molar-refractivity contribution is 0.0635. The third-order valence-corrected chi connectivity index (χ3v) is 2.38. The molecule has 0 saturated carbocycles. The molecular weight excluding hydrogens is 284 g/mol. The number of amides is 1. The van der Waals surface area contributed by atoms with Crippen molar-refractivity contribution in [3.8, 4) is 0 Å². The van der Waals surface area contributed by atoms with Crippen LogP contribution in [0.5, 0.6) is 0 Å². The summed E-state index contributed by atoms with van der Waals surface area (Å²) in [6.45, 7) is 7.42. The Bertz CT molecular complexity index is 400. The highest BCUT2D eigenvalue weighted by Crippen LogP contribution is 2.27. The summed E-state index contributed by atoms with van der Waals surface area (Å²) in [4.78, 5) is 15.9. The number of nitrogens with one attached hydrogen (secondary N) is 1. The SMILES string of the molecule is CC(Br)c1cccnc1NC(=O)OC(C)(C)C. The van der Waals surface area contributed by atoms with Gasteiger partial charge in [0.15, 0.2) is 0 Å². The average molecular weight is 301 g/mol. The van der Waals surface area contributed by atoms with Crippen LogP contribution in [0, 0.1) is 0 Å². The van der Waals surface area contributed by atoms with Gasteiger partial charge in [-0.3, -0.25) is 5.32 Å². The Morgan fingerprint density at radius 1 is 1.53 bits per heavy atom. The van der Waals surface area contributed by atoms with Crippen molar-refractivity contribution in [1.82, 2.24) is 4.98 Å². The average Bonchev–Trinajstić information content (AvgIpc) is 2.14. The van der Waals surface area contributed by atoms with Gasteiger partial charge in [0.1, 0.15) is 11.4 Å². The molecular formula is C12H17BrN2O2. The van der Waals surface area contributed by atoms with E-state index in [0.717, 1.165) is 5.56 Å². The molecule has 0 fully saturated rings. The van der Waals surface area contributed by atoms with Crippen molar-refractivity contribution in [2.24, 2.45) is 0 Å². The van der Waals surface area contributed by atoms with E-state index in [-0.39, 0.29) is 4.83 Å². The number of carbonyl (C=O) groups is 1. The van der Waals surface area contributed by atoms with E-state index in [0.29, 0.717) is 5.82 Å². The van der Waals surface area contributed by atoms with E-state index < -0.39 is 11.7 Å². The van der Waals surface area contributed by atoms with Crippen LogP contribution >= 0.6 is 15.9 Å². The highest BCUT2D eigenvalue weighted by atomic mass is 79.9. The van der Waals surface area contributed by atoms with Gasteiger partial charge in [-0.1, -0.05) is 22.0 Å². The van der Waals surface area contributed by atoms with Crippen LogP contribution in [0.25, 0.3) is 0 Å². The first-order valence-corrected chi connectivity index (χ1v) is 6.30.